The lowest BCUT2D eigenvalue weighted by atomic mass is 10.0. The summed E-state index contributed by atoms with van der Waals surface area (Å²) in [4.78, 5) is 15.8. The average Bonchev–Trinajstić information content (AvgIpc) is 3.16. The Labute approximate surface area is 138 Å². The molecule has 23 heavy (non-hydrogen) atoms. The van der Waals surface area contributed by atoms with E-state index in [9.17, 15) is 4.79 Å². The van der Waals surface area contributed by atoms with E-state index in [0.717, 1.165) is 22.7 Å². The lowest BCUT2D eigenvalue weighted by Gasteiger charge is -2.32. The number of hydrogen-bond donors (Lipinski definition) is 0. The monoisotopic (exact) mass is 327 g/mol. The molecule has 0 aliphatic carbocycles. The lowest BCUT2D eigenvalue weighted by molar-refractivity contribution is 0.0674. The number of carbonyl (C=O) groups excluding carboxylic acids is 1. The van der Waals surface area contributed by atoms with Crippen molar-refractivity contribution in [2.45, 2.75) is 26.4 Å². The van der Waals surface area contributed by atoms with Crippen molar-refractivity contribution in [3.8, 4) is 11.5 Å². The van der Waals surface area contributed by atoms with Crippen LogP contribution < -0.4 is 9.47 Å². The van der Waals surface area contributed by atoms with Gasteiger partial charge in [0.2, 0.25) is 5.78 Å². The lowest BCUT2D eigenvalue weighted by Crippen LogP contribution is -2.37. The van der Waals surface area contributed by atoms with Gasteiger partial charge in [-0.3, -0.25) is 9.69 Å². The zero-order valence-electron chi connectivity index (χ0n) is 13.0. The minimum absolute atomic E-state index is 0.0575. The van der Waals surface area contributed by atoms with Crippen LogP contribution in [0.15, 0.2) is 35.4 Å². The maximum absolute atomic E-state index is 12.6. The van der Waals surface area contributed by atoms with Crippen LogP contribution in [0.25, 0.3) is 6.08 Å². The maximum Gasteiger partial charge on any atom is 0.232 e. The van der Waals surface area contributed by atoms with Gasteiger partial charge in [-0.2, -0.15) is 0 Å². The molecular weight excluding hydrogens is 310 g/mol. The summed E-state index contributed by atoms with van der Waals surface area (Å²) in [6.45, 7) is 5.56. The van der Waals surface area contributed by atoms with Crippen molar-refractivity contribution in [3.05, 3.63) is 51.4 Å². The minimum Gasteiger partial charge on any atom is -0.478 e. The van der Waals surface area contributed by atoms with Crippen molar-refractivity contribution in [1.29, 1.82) is 0 Å². The summed E-state index contributed by atoms with van der Waals surface area (Å²) >= 11 is 1.58. The highest BCUT2D eigenvalue weighted by Crippen LogP contribution is 2.42. The first-order valence-corrected chi connectivity index (χ1v) is 8.52. The van der Waals surface area contributed by atoms with Crippen molar-refractivity contribution in [2.75, 3.05) is 6.73 Å². The minimum atomic E-state index is -0.0575. The van der Waals surface area contributed by atoms with E-state index in [1.807, 2.05) is 29.7 Å². The summed E-state index contributed by atoms with van der Waals surface area (Å²) in [5.74, 6) is 1.79. The number of fused-ring (bicyclic) bond motifs is 3. The quantitative estimate of drug-likeness (QED) is 0.784. The summed E-state index contributed by atoms with van der Waals surface area (Å²) < 4.78 is 11.7. The van der Waals surface area contributed by atoms with Crippen LogP contribution in [0.1, 0.15) is 34.6 Å². The fraction of sp³-hybridized carbons (Fsp3) is 0.278. The van der Waals surface area contributed by atoms with E-state index in [2.05, 4.69) is 18.7 Å². The molecule has 0 spiro atoms. The Morgan fingerprint density at radius 2 is 2.17 bits per heavy atom. The fourth-order valence-electron chi connectivity index (χ4n) is 2.81. The third-order valence-corrected chi connectivity index (χ3v) is 5.01. The fourth-order valence-corrected chi connectivity index (χ4v) is 3.46. The Morgan fingerprint density at radius 1 is 1.30 bits per heavy atom. The third kappa shape index (κ3) is 2.46. The first kappa shape index (κ1) is 14.5. The van der Waals surface area contributed by atoms with Gasteiger partial charge in [0.1, 0.15) is 18.2 Å². The summed E-state index contributed by atoms with van der Waals surface area (Å²) in [6, 6.07) is 7.98. The SMILES string of the molecule is CC(C)N1COc2ccc3c(c2C1)O/C(=C\c1cccs1)C3=O. The van der Waals surface area contributed by atoms with Crippen molar-refractivity contribution < 1.29 is 14.3 Å². The van der Waals surface area contributed by atoms with Gasteiger partial charge in [0.15, 0.2) is 5.76 Å². The van der Waals surface area contributed by atoms with E-state index in [4.69, 9.17) is 9.47 Å². The zero-order chi connectivity index (χ0) is 16.0. The average molecular weight is 327 g/mol. The molecule has 5 heteroatoms. The maximum atomic E-state index is 12.6. The van der Waals surface area contributed by atoms with Crippen LogP contribution in [-0.4, -0.2) is 23.5 Å². The van der Waals surface area contributed by atoms with Gasteiger partial charge in [-0.25, -0.2) is 0 Å². The van der Waals surface area contributed by atoms with Crippen molar-refractivity contribution in [2.24, 2.45) is 0 Å². The molecule has 2 aromatic rings. The van der Waals surface area contributed by atoms with Gasteiger partial charge in [-0.05, 0) is 37.4 Å². The highest BCUT2D eigenvalue weighted by Gasteiger charge is 2.33. The highest BCUT2D eigenvalue weighted by molar-refractivity contribution is 7.10. The van der Waals surface area contributed by atoms with Crippen LogP contribution >= 0.6 is 11.3 Å². The molecule has 2 aliphatic rings. The molecule has 2 aliphatic heterocycles. The standard InChI is InChI=1S/C18H17NO3S/c1-11(2)19-9-14-15(21-10-19)6-5-13-17(20)16(22-18(13)14)8-12-4-3-7-23-12/h3-8,11H,9-10H2,1-2H3/b16-8-. The molecular formula is C18H17NO3S. The summed E-state index contributed by atoms with van der Waals surface area (Å²) in [7, 11) is 0. The van der Waals surface area contributed by atoms with E-state index >= 15 is 0 Å². The Kier molecular flexibility index (Phi) is 3.47. The Balaban J connectivity index is 1.73. The van der Waals surface area contributed by atoms with E-state index < -0.39 is 0 Å². The Bertz CT molecular complexity index is 793. The number of rotatable bonds is 2. The van der Waals surface area contributed by atoms with Gasteiger partial charge in [0.25, 0.3) is 0 Å². The molecule has 1 aromatic heterocycles. The molecule has 0 N–H and O–H groups in total. The number of nitrogens with zero attached hydrogens (tertiary/aromatic N) is 1. The third-order valence-electron chi connectivity index (χ3n) is 4.19. The number of benzene rings is 1. The zero-order valence-corrected chi connectivity index (χ0v) is 13.9. The van der Waals surface area contributed by atoms with E-state index in [0.29, 0.717) is 29.8 Å². The first-order valence-electron chi connectivity index (χ1n) is 7.64. The Hall–Kier alpha value is -2.11. The number of hydrogen-bond acceptors (Lipinski definition) is 5. The normalized spacial score (nSPS) is 18.7. The summed E-state index contributed by atoms with van der Waals surface area (Å²) in [5, 5.41) is 1.98. The van der Waals surface area contributed by atoms with Crippen LogP contribution in [0.4, 0.5) is 0 Å². The Morgan fingerprint density at radius 3 is 2.91 bits per heavy atom. The molecule has 0 bridgehead atoms. The highest BCUT2D eigenvalue weighted by atomic mass is 32.1. The van der Waals surface area contributed by atoms with Gasteiger partial charge < -0.3 is 9.47 Å². The molecule has 0 amide bonds. The molecule has 4 nitrogen and oxygen atoms in total. The van der Waals surface area contributed by atoms with Crippen LogP contribution in [0.2, 0.25) is 0 Å². The number of allylic oxidation sites excluding steroid dienone is 1. The van der Waals surface area contributed by atoms with Crippen molar-refractivity contribution in [3.63, 3.8) is 0 Å². The molecule has 0 unspecified atom stereocenters. The van der Waals surface area contributed by atoms with Gasteiger partial charge in [-0.1, -0.05) is 6.07 Å². The molecule has 0 fully saturated rings. The number of ether oxygens (including phenoxy) is 2. The second-order valence-electron chi connectivity index (χ2n) is 5.99. The van der Waals surface area contributed by atoms with Crippen LogP contribution in [0, 0.1) is 0 Å². The van der Waals surface area contributed by atoms with E-state index in [-0.39, 0.29) is 5.78 Å². The molecule has 0 saturated carbocycles. The number of ketones is 1. The van der Waals surface area contributed by atoms with Crippen molar-refractivity contribution in [1.82, 2.24) is 4.90 Å². The van der Waals surface area contributed by atoms with Gasteiger partial charge in [0.05, 0.1) is 11.1 Å². The molecule has 118 valence electrons. The number of carbonyl (C=O) groups is 1. The summed E-state index contributed by atoms with van der Waals surface area (Å²) in [6.07, 6.45) is 1.81. The van der Waals surface area contributed by atoms with Gasteiger partial charge >= 0.3 is 0 Å². The molecule has 0 saturated heterocycles. The number of thiophene rings is 1. The first-order chi connectivity index (χ1) is 11.1. The molecule has 1 aromatic carbocycles. The van der Waals surface area contributed by atoms with Crippen LogP contribution in [-0.2, 0) is 6.54 Å². The second-order valence-corrected chi connectivity index (χ2v) is 6.97. The molecule has 4 rings (SSSR count). The largest absolute Gasteiger partial charge is 0.478 e. The van der Waals surface area contributed by atoms with Gasteiger partial charge in [-0.15, -0.1) is 11.3 Å². The van der Waals surface area contributed by atoms with Crippen LogP contribution in [0.5, 0.6) is 11.5 Å². The predicted octanol–water partition coefficient (Wildman–Crippen LogP) is 3.92. The van der Waals surface area contributed by atoms with Crippen molar-refractivity contribution >= 4 is 23.2 Å². The van der Waals surface area contributed by atoms with Gasteiger partial charge in [0, 0.05) is 23.5 Å². The number of Topliss-reactive ketones (excluding diaryl/α,β-unsaturated/α-hetero) is 1. The molecule has 0 radical (unpaired) electrons. The van der Waals surface area contributed by atoms with E-state index in [1.165, 1.54) is 0 Å². The smallest absolute Gasteiger partial charge is 0.232 e. The topological polar surface area (TPSA) is 38.8 Å². The second kappa shape index (κ2) is 5.51. The van der Waals surface area contributed by atoms with E-state index in [1.54, 1.807) is 17.4 Å². The van der Waals surface area contributed by atoms with Crippen LogP contribution in [0.3, 0.4) is 0 Å². The molecule has 3 heterocycles. The summed E-state index contributed by atoms with van der Waals surface area (Å²) in [5.41, 5.74) is 1.59. The predicted molar refractivity (Wildman–Crippen MR) is 89.9 cm³/mol. The molecule has 0 atom stereocenters.